The Kier molecular flexibility index (Phi) is 6.50. The number of amides is 2. The molecule has 1 fully saturated rings. The van der Waals surface area contributed by atoms with Gasteiger partial charge in [0.2, 0.25) is 5.91 Å². The van der Waals surface area contributed by atoms with Gasteiger partial charge in [-0.25, -0.2) is 9.59 Å². The molecule has 3 N–H and O–H groups in total. The number of aromatic nitrogens is 1. The summed E-state index contributed by atoms with van der Waals surface area (Å²) in [6, 6.07) is 15.3. The van der Waals surface area contributed by atoms with Crippen LogP contribution in [0, 0.1) is 11.8 Å². The van der Waals surface area contributed by atoms with Crippen molar-refractivity contribution in [2.24, 2.45) is 11.8 Å². The van der Waals surface area contributed by atoms with Crippen LogP contribution in [-0.4, -0.2) is 47.3 Å². The van der Waals surface area contributed by atoms with Crippen LogP contribution < -0.4 is 10.6 Å². The van der Waals surface area contributed by atoms with Gasteiger partial charge in [-0.15, -0.1) is 11.3 Å². The molecule has 1 heterocycles. The van der Waals surface area contributed by atoms with E-state index in [0.717, 1.165) is 16.0 Å². The molecule has 2 amide bonds. The van der Waals surface area contributed by atoms with E-state index < -0.39 is 18.1 Å². The van der Waals surface area contributed by atoms with Gasteiger partial charge in [-0.1, -0.05) is 48.5 Å². The maximum Gasteiger partial charge on any atom is 0.407 e. The van der Waals surface area contributed by atoms with E-state index in [-0.39, 0.29) is 36.7 Å². The number of nitrogens with one attached hydrogen (secondary N) is 2. The SMILES string of the molecule is O=C(NC[C@H]1C[C@H]1C(=O)NC(Cc1cncs1)C(=O)O)OCC1c2ccccc2-c2ccccc21. The number of rotatable bonds is 9. The molecule has 2 aromatic carbocycles. The van der Waals surface area contributed by atoms with E-state index in [1.165, 1.54) is 22.5 Å². The van der Waals surface area contributed by atoms with E-state index in [2.05, 4.69) is 39.9 Å². The number of nitrogens with zero attached hydrogens (tertiary/aromatic N) is 1. The lowest BCUT2D eigenvalue weighted by molar-refractivity contribution is -0.142. The molecule has 0 aliphatic heterocycles. The third kappa shape index (κ3) is 5.05. The number of thiazole rings is 1. The number of fused-ring (bicyclic) bond motifs is 3. The van der Waals surface area contributed by atoms with E-state index in [1.807, 2.05) is 24.3 Å². The molecule has 35 heavy (non-hydrogen) atoms. The Balaban J connectivity index is 1.09. The average molecular weight is 492 g/mol. The van der Waals surface area contributed by atoms with Crippen LogP contribution in [0.25, 0.3) is 11.1 Å². The molecule has 0 spiro atoms. The summed E-state index contributed by atoms with van der Waals surface area (Å²) >= 11 is 1.35. The van der Waals surface area contributed by atoms with Gasteiger partial charge in [-0.05, 0) is 34.6 Å². The number of ether oxygens (including phenoxy) is 1. The van der Waals surface area contributed by atoms with Crippen LogP contribution in [0.4, 0.5) is 4.79 Å². The van der Waals surface area contributed by atoms with Crippen molar-refractivity contribution in [3.63, 3.8) is 0 Å². The van der Waals surface area contributed by atoms with Crippen molar-refractivity contribution in [3.05, 3.63) is 76.2 Å². The number of benzene rings is 2. The lowest BCUT2D eigenvalue weighted by atomic mass is 9.98. The second kappa shape index (κ2) is 9.87. The van der Waals surface area contributed by atoms with E-state index >= 15 is 0 Å². The number of carboxylic acid groups (broad SMARTS) is 1. The summed E-state index contributed by atoms with van der Waals surface area (Å²) in [6.07, 6.45) is 1.88. The van der Waals surface area contributed by atoms with Gasteiger partial charge in [0.05, 0.1) is 5.51 Å². The average Bonchev–Trinajstić information content (AvgIpc) is 3.32. The summed E-state index contributed by atoms with van der Waals surface area (Å²) in [7, 11) is 0. The fourth-order valence-corrected chi connectivity index (χ4v) is 5.32. The van der Waals surface area contributed by atoms with Gasteiger partial charge >= 0.3 is 12.1 Å². The molecule has 5 rings (SSSR count). The fraction of sp³-hybridized carbons (Fsp3) is 0.308. The first-order chi connectivity index (χ1) is 17.0. The second-order valence-corrected chi connectivity index (χ2v) is 9.85. The lowest BCUT2D eigenvalue weighted by Gasteiger charge is -2.15. The minimum absolute atomic E-state index is 0.0147. The van der Waals surface area contributed by atoms with Gasteiger partial charge in [0, 0.05) is 35.9 Å². The highest BCUT2D eigenvalue weighted by molar-refractivity contribution is 7.09. The molecular formula is C26H25N3O5S. The van der Waals surface area contributed by atoms with Crippen LogP contribution in [0.3, 0.4) is 0 Å². The van der Waals surface area contributed by atoms with Crippen molar-refractivity contribution in [2.45, 2.75) is 24.8 Å². The monoisotopic (exact) mass is 491 g/mol. The zero-order valence-corrected chi connectivity index (χ0v) is 19.7. The minimum atomic E-state index is -1.08. The molecule has 1 aromatic heterocycles. The third-order valence-corrected chi connectivity index (χ3v) is 7.42. The number of carbonyl (C=O) groups is 3. The molecule has 3 atom stereocenters. The highest BCUT2D eigenvalue weighted by Gasteiger charge is 2.44. The molecule has 9 heteroatoms. The van der Waals surface area contributed by atoms with Crippen molar-refractivity contribution in [2.75, 3.05) is 13.2 Å². The quantitative estimate of drug-likeness (QED) is 0.422. The Morgan fingerprint density at radius 1 is 1.09 bits per heavy atom. The van der Waals surface area contributed by atoms with Crippen LogP contribution in [0.1, 0.15) is 28.3 Å². The highest BCUT2D eigenvalue weighted by atomic mass is 32.1. The van der Waals surface area contributed by atoms with Crippen molar-refractivity contribution in [3.8, 4) is 11.1 Å². The fourth-order valence-electron chi connectivity index (χ4n) is 4.68. The Bertz CT molecular complexity index is 1200. The lowest BCUT2D eigenvalue weighted by Crippen LogP contribution is -2.43. The van der Waals surface area contributed by atoms with Crippen LogP contribution in [0.5, 0.6) is 0 Å². The van der Waals surface area contributed by atoms with Crippen LogP contribution in [0.15, 0.2) is 60.2 Å². The van der Waals surface area contributed by atoms with Crippen molar-refractivity contribution >= 4 is 29.3 Å². The summed E-state index contributed by atoms with van der Waals surface area (Å²) < 4.78 is 5.54. The van der Waals surface area contributed by atoms with Gasteiger partial charge in [-0.3, -0.25) is 9.78 Å². The van der Waals surface area contributed by atoms with Gasteiger partial charge in [-0.2, -0.15) is 0 Å². The molecule has 0 radical (unpaired) electrons. The summed E-state index contributed by atoms with van der Waals surface area (Å²) in [5.41, 5.74) is 6.25. The van der Waals surface area contributed by atoms with Gasteiger partial charge in [0.1, 0.15) is 12.6 Å². The van der Waals surface area contributed by atoms with E-state index in [1.54, 1.807) is 11.7 Å². The van der Waals surface area contributed by atoms with Gasteiger partial charge in [0.25, 0.3) is 0 Å². The van der Waals surface area contributed by atoms with E-state index in [9.17, 15) is 19.5 Å². The predicted molar refractivity (Wildman–Crippen MR) is 130 cm³/mol. The zero-order valence-electron chi connectivity index (χ0n) is 18.8. The first kappa shape index (κ1) is 23.0. The Hall–Kier alpha value is -3.72. The molecule has 1 saturated carbocycles. The normalized spacial score (nSPS) is 18.7. The first-order valence-corrected chi connectivity index (χ1v) is 12.4. The second-order valence-electron chi connectivity index (χ2n) is 8.88. The van der Waals surface area contributed by atoms with Gasteiger partial charge < -0.3 is 20.5 Å². The first-order valence-electron chi connectivity index (χ1n) is 11.5. The Labute approximate surface area is 206 Å². The number of alkyl carbamates (subject to hydrolysis) is 1. The molecule has 2 aliphatic carbocycles. The zero-order chi connectivity index (χ0) is 24.4. The topological polar surface area (TPSA) is 118 Å². The molecule has 3 aromatic rings. The smallest absolute Gasteiger partial charge is 0.407 e. The maximum atomic E-state index is 12.5. The largest absolute Gasteiger partial charge is 0.480 e. The summed E-state index contributed by atoms with van der Waals surface area (Å²) in [5.74, 6) is -1.75. The molecule has 1 unspecified atom stereocenters. The number of carboxylic acids is 1. The maximum absolute atomic E-state index is 12.5. The molecule has 180 valence electrons. The van der Waals surface area contributed by atoms with Crippen molar-refractivity contribution < 1.29 is 24.2 Å². The molecular weight excluding hydrogens is 466 g/mol. The summed E-state index contributed by atoms with van der Waals surface area (Å²) in [4.78, 5) is 41.1. The summed E-state index contributed by atoms with van der Waals surface area (Å²) in [6.45, 7) is 0.535. The molecule has 8 nitrogen and oxygen atoms in total. The Morgan fingerprint density at radius 2 is 1.77 bits per heavy atom. The standard InChI is InChI=1S/C26H25N3O5S/c30-24(29-23(25(31)32)10-16-12-27-14-35-16)21-9-15(21)11-28-26(33)34-13-22-19-7-3-1-5-17(19)18-6-2-4-8-20(18)22/h1-8,12,14-15,21-23H,9-11,13H2,(H,28,33)(H,29,30)(H,31,32)/t15-,21-,23?/m1/s1. The molecule has 2 aliphatic rings. The number of hydrogen-bond donors (Lipinski definition) is 3. The van der Waals surface area contributed by atoms with Crippen LogP contribution in [-0.2, 0) is 20.7 Å². The van der Waals surface area contributed by atoms with E-state index in [4.69, 9.17) is 4.74 Å². The number of hydrogen-bond acceptors (Lipinski definition) is 6. The van der Waals surface area contributed by atoms with Crippen molar-refractivity contribution in [1.29, 1.82) is 0 Å². The van der Waals surface area contributed by atoms with Gasteiger partial charge in [0.15, 0.2) is 0 Å². The Morgan fingerprint density at radius 3 is 2.40 bits per heavy atom. The van der Waals surface area contributed by atoms with Crippen LogP contribution in [0.2, 0.25) is 0 Å². The predicted octanol–water partition coefficient (Wildman–Crippen LogP) is 3.43. The molecule has 0 bridgehead atoms. The number of aliphatic carboxylic acids is 1. The minimum Gasteiger partial charge on any atom is -0.480 e. The third-order valence-electron chi connectivity index (χ3n) is 6.61. The van der Waals surface area contributed by atoms with Crippen LogP contribution >= 0.6 is 11.3 Å². The number of carbonyl (C=O) groups excluding carboxylic acids is 2. The van der Waals surface area contributed by atoms with E-state index in [0.29, 0.717) is 13.0 Å². The highest BCUT2D eigenvalue weighted by Crippen LogP contribution is 2.44. The molecule has 0 saturated heterocycles. The summed E-state index contributed by atoms with van der Waals surface area (Å²) in [5, 5.41) is 14.8. The van der Waals surface area contributed by atoms with Crippen molar-refractivity contribution in [1.82, 2.24) is 15.6 Å².